The van der Waals surface area contributed by atoms with Crippen LogP contribution in [0.1, 0.15) is 66.2 Å². The molecule has 2 heterocycles. The van der Waals surface area contributed by atoms with Crippen molar-refractivity contribution in [1.29, 1.82) is 0 Å². The zero-order chi connectivity index (χ0) is 21.2. The summed E-state index contributed by atoms with van der Waals surface area (Å²) in [6.45, 7) is 24.1. The van der Waals surface area contributed by atoms with E-state index in [4.69, 9.17) is 9.96 Å². The standard InChI is InChI=1S/2C11H25N2Si.Mg/c2*1-11(2)12-14(3,4)10-13-8-6-5-7-9-13;/h2*11H,5-10H2,1-4H3;/q2*-1;+2/p+2. The minimum Gasteiger partial charge on any atom is -0.658 e. The Bertz CT molecular complexity index is 370. The Labute approximate surface area is 201 Å². The van der Waals surface area contributed by atoms with Crippen LogP contribution in [0.5, 0.6) is 0 Å². The molecular weight excluding hydrogens is 401 g/mol. The van der Waals surface area contributed by atoms with Gasteiger partial charge in [0.15, 0.2) is 0 Å². The van der Waals surface area contributed by atoms with Gasteiger partial charge in [-0.15, -0.1) is 12.1 Å². The van der Waals surface area contributed by atoms with Crippen molar-refractivity contribution in [2.75, 3.05) is 38.5 Å². The SMILES string of the molecule is CC(C)[N-][Si](C)(C)C[NH+]1CCCCC1.CC(C)[N-][Si](C)(C)C[NH+]1CCCCC1.[Mg+2]. The minimum atomic E-state index is -1.27. The second-order valence-electron chi connectivity index (χ2n) is 11.0. The van der Waals surface area contributed by atoms with E-state index < -0.39 is 16.5 Å². The van der Waals surface area contributed by atoms with Crippen LogP contribution in [0.2, 0.25) is 26.2 Å². The summed E-state index contributed by atoms with van der Waals surface area (Å²) in [5.74, 6) is 0. The third-order valence-electron chi connectivity index (χ3n) is 5.70. The van der Waals surface area contributed by atoms with Gasteiger partial charge in [0.1, 0.15) is 0 Å². The number of rotatable bonds is 8. The summed E-state index contributed by atoms with van der Waals surface area (Å²) in [5, 5.41) is 0. The molecule has 0 aromatic carbocycles. The zero-order valence-electron chi connectivity index (χ0n) is 21.2. The maximum Gasteiger partial charge on any atom is 2.00 e. The fraction of sp³-hybridized carbons (Fsp3) is 1.00. The number of hydrogen-bond donors (Lipinski definition) is 2. The minimum absolute atomic E-state index is 0. The van der Waals surface area contributed by atoms with Gasteiger partial charge in [0.2, 0.25) is 0 Å². The van der Waals surface area contributed by atoms with Gasteiger partial charge in [0.05, 0.1) is 26.2 Å². The van der Waals surface area contributed by atoms with E-state index >= 15 is 0 Å². The van der Waals surface area contributed by atoms with Crippen molar-refractivity contribution in [2.45, 2.75) is 104 Å². The first kappa shape index (κ1) is 30.0. The van der Waals surface area contributed by atoms with Gasteiger partial charge in [-0.25, -0.2) is 0 Å². The Morgan fingerprint density at radius 2 is 0.862 bits per heavy atom. The average molecular weight is 453 g/mol. The molecule has 2 aliphatic rings. The molecule has 0 saturated carbocycles. The van der Waals surface area contributed by atoms with Crippen molar-refractivity contribution < 1.29 is 9.80 Å². The summed E-state index contributed by atoms with van der Waals surface area (Å²) in [4.78, 5) is 13.5. The van der Waals surface area contributed by atoms with Crippen LogP contribution in [0.3, 0.4) is 0 Å². The number of likely N-dealkylation sites (tertiary alicyclic amines) is 2. The summed E-state index contributed by atoms with van der Waals surface area (Å²) >= 11 is 0. The van der Waals surface area contributed by atoms with Gasteiger partial charge in [-0.05, 0) is 38.5 Å². The average Bonchev–Trinajstić information content (AvgIpc) is 2.53. The smallest absolute Gasteiger partial charge is 0.658 e. The van der Waals surface area contributed by atoms with Crippen LogP contribution < -0.4 is 9.80 Å². The van der Waals surface area contributed by atoms with Crippen molar-refractivity contribution in [2.24, 2.45) is 0 Å². The number of quaternary nitrogens is 2. The van der Waals surface area contributed by atoms with Crippen molar-refractivity contribution in [3.05, 3.63) is 9.96 Å². The molecule has 2 fully saturated rings. The Balaban J connectivity index is 0.000000523. The molecule has 4 nitrogen and oxygen atoms in total. The van der Waals surface area contributed by atoms with Crippen molar-refractivity contribution >= 4 is 39.5 Å². The molecule has 2 aliphatic heterocycles. The van der Waals surface area contributed by atoms with Crippen LogP contribution >= 0.6 is 0 Å². The largest absolute Gasteiger partial charge is 2.00 e. The molecule has 0 spiro atoms. The molecule has 0 aliphatic carbocycles. The molecule has 0 atom stereocenters. The van der Waals surface area contributed by atoms with E-state index in [0.717, 1.165) is 0 Å². The monoisotopic (exact) mass is 452 g/mol. The van der Waals surface area contributed by atoms with Gasteiger partial charge < -0.3 is 19.8 Å². The van der Waals surface area contributed by atoms with Crippen LogP contribution in [-0.2, 0) is 0 Å². The molecule has 0 aromatic heterocycles. The molecule has 2 rings (SSSR count). The molecule has 2 N–H and O–H groups in total. The first-order valence-corrected chi connectivity index (χ1v) is 18.4. The number of hydrogen-bond acceptors (Lipinski definition) is 0. The van der Waals surface area contributed by atoms with Crippen LogP contribution in [0, 0.1) is 0 Å². The van der Waals surface area contributed by atoms with E-state index in [1.54, 1.807) is 0 Å². The van der Waals surface area contributed by atoms with Crippen LogP contribution in [-0.4, -0.2) is 90.1 Å². The molecule has 0 bridgehead atoms. The third kappa shape index (κ3) is 15.5. The second-order valence-corrected chi connectivity index (χ2v) is 19.5. The van der Waals surface area contributed by atoms with Gasteiger partial charge in [-0.2, -0.15) is 0 Å². The van der Waals surface area contributed by atoms with Gasteiger partial charge in [-0.1, -0.05) is 53.9 Å². The third-order valence-corrected chi connectivity index (χ3v) is 10.9. The topological polar surface area (TPSA) is 37.1 Å². The molecule has 0 radical (unpaired) electrons. The normalized spacial score (nSPS) is 19.7. The van der Waals surface area contributed by atoms with E-state index in [1.165, 1.54) is 77.0 Å². The molecule has 29 heavy (non-hydrogen) atoms. The Hall–Kier alpha value is 1.04. The summed E-state index contributed by atoms with van der Waals surface area (Å²) in [7, 11) is -2.53. The van der Waals surface area contributed by atoms with E-state index in [-0.39, 0.29) is 23.1 Å². The van der Waals surface area contributed by atoms with Crippen molar-refractivity contribution in [3.63, 3.8) is 0 Å². The zero-order valence-corrected chi connectivity index (χ0v) is 24.7. The van der Waals surface area contributed by atoms with Crippen LogP contribution in [0.25, 0.3) is 9.96 Å². The Morgan fingerprint density at radius 1 is 0.586 bits per heavy atom. The molecule has 0 amide bonds. The van der Waals surface area contributed by atoms with Gasteiger partial charge in [-0.3, -0.25) is 0 Å². The molecule has 7 heteroatoms. The predicted molar refractivity (Wildman–Crippen MR) is 137 cm³/mol. The summed E-state index contributed by atoms with van der Waals surface area (Å²) in [6, 6.07) is 1.06. The number of nitrogens with zero attached hydrogens (tertiary/aromatic N) is 2. The molecule has 2 saturated heterocycles. The van der Waals surface area contributed by atoms with Gasteiger partial charge >= 0.3 is 23.1 Å². The van der Waals surface area contributed by atoms with E-state index in [9.17, 15) is 0 Å². The fourth-order valence-electron chi connectivity index (χ4n) is 5.17. The van der Waals surface area contributed by atoms with Gasteiger partial charge in [0, 0.05) is 28.8 Å². The second kappa shape index (κ2) is 15.0. The first-order chi connectivity index (χ1) is 13.0. The van der Waals surface area contributed by atoms with Crippen LogP contribution in [0.4, 0.5) is 0 Å². The maximum atomic E-state index is 4.92. The summed E-state index contributed by atoms with van der Waals surface area (Å²) in [6.07, 6.45) is 11.3. The van der Waals surface area contributed by atoms with E-state index in [0.29, 0.717) is 12.1 Å². The number of piperidine rings is 2. The number of nitrogens with one attached hydrogen (secondary N) is 2. The molecular formula is C22H52MgN4Si2+2. The quantitative estimate of drug-likeness (QED) is 0.531. The van der Waals surface area contributed by atoms with Crippen LogP contribution in [0.15, 0.2) is 0 Å². The van der Waals surface area contributed by atoms with E-state index in [2.05, 4.69) is 53.9 Å². The maximum absolute atomic E-state index is 4.92. The van der Waals surface area contributed by atoms with E-state index in [1.807, 2.05) is 9.80 Å². The molecule has 0 unspecified atom stereocenters. The summed E-state index contributed by atoms with van der Waals surface area (Å²) in [5.41, 5.74) is 0. The van der Waals surface area contributed by atoms with Gasteiger partial charge in [0.25, 0.3) is 0 Å². The predicted octanol–water partition coefficient (Wildman–Crippen LogP) is 2.78. The summed E-state index contributed by atoms with van der Waals surface area (Å²) < 4.78 is 0. The van der Waals surface area contributed by atoms with Crippen molar-refractivity contribution in [1.82, 2.24) is 0 Å². The molecule has 0 aromatic rings. The Morgan fingerprint density at radius 3 is 1.10 bits per heavy atom. The first-order valence-electron chi connectivity index (χ1n) is 12.1. The van der Waals surface area contributed by atoms with Crippen molar-refractivity contribution in [3.8, 4) is 0 Å². The Kier molecular flexibility index (Phi) is 15.5. The molecule has 168 valence electrons. The fourth-order valence-corrected chi connectivity index (χ4v) is 11.3.